The number of aliphatic hydroxyl groups excluding tert-OH is 4. The Labute approximate surface area is 63.8 Å². The number of hydrogen-bond acceptors (Lipinski definition) is 5. The van der Waals surface area contributed by atoms with Crippen molar-refractivity contribution in [1.29, 1.82) is 0 Å². The molecule has 66 valence electrons. The Morgan fingerprint density at radius 2 is 1.45 bits per heavy atom. The monoisotopic (exact) mass is 164 g/mol. The maximum atomic E-state index is 9.09. The third-order valence-electron chi connectivity index (χ3n) is 1.83. The molecule has 0 aliphatic carbocycles. The van der Waals surface area contributed by atoms with Crippen LogP contribution in [-0.4, -0.2) is 51.1 Å². The Morgan fingerprint density at radius 1 is 0.909 bits per heavy atom. The molecule has 0 amide bonds. The average Bonchev–Trinajstić information content (AvgIpc) is 1.97. The van der Waals surface area contributed by atoms with Gasteiger partial charge in [0, 0.05) is 0 Å². The lowest BCUT2D eigenvalue weighted by atomic mass is 10.0. The van der Waals surface area contributed by atoms with E-state index in [0.717, 1.165) is 0 Å². The van der Waals surface area contributed by atoms with Crippen molar-refractivity contribution in [2.24, 2.45) is 0 Å². The zero-order chi connectivity index (χ0) is 8.59. The number of hydrogen-bond donors (Lipinski definition) is 4. The molecule has 4 N–H and O–H groups in total. The van der Waals surface area contributed by atoms with Gasteiger partial charge < -0.3 is 25.2 Å². The summed E-state index contributed by atoms with van der Waals surface area (Å²) >= 11 is 0. The fourth-order valence-corrected chi connectivity index (χ4v) is 1.03. The van der Waals surface area contributed by atoms with E-state index in [1.165, 1.54) is 6.92 Å². The molecule has 5 nitrogen and oxygen atoms in total. The molecule has 1 saturated heterocycles. The SMILES string of the molecule is CC1O[C@@H](O)[C@@H](O)C(O)[C@@H]1O. The molecule has 0 spiro atoms. The van der Waals surface area contributed by atoms with Crippen LogP contribution in [0.1, 0.15) is 6.92 Å². The molecule has 1 aliphatic heterocycles. The molecule has 1 heterocycles. The minimum absolute atomic E-state index is 0.664. The molecule has 0 radical (unpaired) electrons. The first kappa shape index (κ1) is 8.89. The van der Waals surface area contributed by atoms with Gasteiger partial charge in [-0.05, 0) is 6.92 Å². The minimum Gasteiger partial charge on any atom is -0.388 e. The number of aliphatic hydroxyl groups is 4. The molecule has 0 aromatic heterocycles. The van der Waals surface area contributed by atoms with Crippen LogP contribution in [0.2, 0.25) is 0 Å². The van der Waals surface area contributed by atoms with Crippen molar-refractivity contribution in [2.45, 2.75) is 37.6 Å². The Hall–Kier alpha value is -0.200. The third-order valence-corrected chi connectivity index (χ3v) is 1.83. The van der Waals surface area contributed by atoms with Crippen LogP contribution in [0.5, 0.6) is 0 Å². The van der Waals surface area contributed by atoms with Gasteiger partial charge in [-0.3, -0.25) is 0 Å². The first-order valence-electron chi connectivity index (χ1n) is 3.41. The fourth-order valence-electron chi connectivity index (χ4n) is 1.03. The van der Waals surface area contributed by atoms with Crippen LogP contribution in [-0.2, 0) is 4.74 Å². The number of ether oxygens (including phenoxy) is 1. The summed E-state index contributed by atoms with van der Waals surface area (Å²) in [5, 5.41) is 36.0. The molecule has 0 bridgehead atoms. The summed E-state index contributed by atoms with van der Waals surface area (Å²) in [5.74, 6) is 0. The predicted octanol–water partition coefficient (Wildman–Crippen LogP) is -2.19. The van der Waals surface area contributed by atoms with Gasteiger partial charge in [-0.15, -0.1) is 0 Å². The van der Waals surface area contributed by atoms with Crippen molar-refractivity contribution >= 4 is 0 Å². The second-order valence-corrected chi connectivity index (χ2v) is 2.70. The van der Waals surface area contributed by atoms with E-state index >= 15 is 0 Å². The highest BCUT2D eigenvalue weighted by atomic mass is 16.6. The molecule has 1 rings (SSSR count). The summed E-state index contributed by atoms with van der Waals surface area (Å²) in [6.45, 7) is 1.50. The number of rotatable bonds is 0. The van der Waals surface area contributed by atoms with E-state index in [9.17, 15) is 0 Å². The van der Waals surface area contributed by atoms with Gasteiger partial charge in [-0.2, -0.15) is 0 Å². The van der Waals surface area contributed by atoms with Crippen LogP contribution >= 0.6 is 0 Å². The normalized spacial score (nSPS) is 52.6. The molecule has 0 saturated carbocycles. The molecular formula is C6H12O5. The highest BCUT2D eigenvalue weighted by molar-refractivity contribution is 4.86. The largest absolute Gasteiger partial charge is 0.388 e. The van der Waals surface area contributed by atoms with Crippen LogP contribution in [0.15, 0.2) is 0 Å². The molecule has 11 heavy (non-hydrogen) atoms. The molecule has 0 aromatic carbocycles. The van der Waals surface area contributed by atoms with E-state index in [1.807, 2.05) is 0 Å². The summed E-state index contributed by atoms with van der Waals surface area (Å²) in [6.07, 6.45) is -5.99. The highest BCUT2D eigenvalue weighted by Crippen LogP contribution is 2.18. The lowest BCUT2D eigenvalue weighted by Gasteiger charge is -2.36. The van der Waals surface area contributed by atoms with Gasteiger partial charge in [0.15, 0.2) is 6.29 Å². The lowest BCUT2D eigenvalue weighted by molar-refractivity contribution is -0.277. The van der Waals surface area contributed by atoms with Crippen LogP contribution in [0.3, 0.4) is 0 Å². The van der Waals surface area contributed by atoms with Gasteiger partial charge in [0.05, 0.1) is 6.10 Å². The average molecular weight is 164 g/mol. The van der Waals surface area contributed by atoms with Crippen molar-refractivity contribution < 1.29 is 25.2 Å². The van der Waals surface area contributed by atoms with Gasteiger partial charge in [0.2, 0.25) is 0 Å². The first-order valence-corrected chi connectivity index (χ1v) is 3.41. The standard InChI is InChI=1S/C6H12O5/c1-2-3(7)4(8)5(9)6(10)11-2/h2-10H,1H3/t2?,3-,4?,5+,6-/m1/s1. The highest BCUT2D eigenvalue weighted by Gasteiger charge is 2.40. The van der Waals surface area contributed by atoms with E-state index in [0.29, 0.717) is 0 Å². The topological polar surface area (TPSA) is 90.2 Å². The predicted molar refractivity (Wildman–Crippen MR) is 34.6 cm³/mol. The van der Waals surface area contributed by atoms with Crippen LogP contribution in [0.25, 0.3) is 0 Å². The molecule has 1 fully saturated rings. The Balaban J connectivity index is 2.63. The smallest absolute Gasteiger partial charge is 0.183 e. The van der Waals surface area contributed by atoms with Gasteiger partial charge in [0.25, 0.3) is 0 Å². The van der Waals surface area contributed by atoms with Crippen LogP contribution < -0.4 is 0 Å². The quantitative estimate of drug-likeness (QED) is 0.326. The molecular weight excluding hydrogens is 152 g/mol. The molecule has 0 aromatic rings. The van der Waals surface area contributed by atoms with Crippen molar-refractivity contribution in [3.63, 3.8) is 0 Å². The summed E-state index contributed by atoms with van der Waals surface area (Å²) in [5.41, 5.74) is 0. The van der Waals surface area contributed by atoms with Gasteiger partial charge >= 0.3 is 0 Å². The van der Waals surface area contributed by atoms with E-state index in [4.69, 9.17) is 20.4 Å². The maximum absolute atomic E-state index is 9.09. The molecule has 1 aliphatic rings. The second kappa shape index (κ2) is 3.04. The fraction of sp³-hybridized carbons (Fsp3) is 1.00. The van der Waals surface area contributed by atoms with E-state index in [1.54, 1.807) is 0 Å². The summed E-state index contributed by atoms with van der Waals surface area (Å²) in [4.78, 5) is 0. The summed E-state index contributed by atoms with van der Waals surface area (Å²) in [7, 11) is 0. The third kappa shape index (κ3) is 1.52. The maximum Gasteiger partial charge on any atom is 0.183 e. The zero-order valence-electron chi connectivity index (χ0n) is 6.08. The van der Waals surface area contributed by atoms with Crippen molar-refractivity contribution in [2.75, 3.05) is 0 Å². The lowest BCUT2D eigenvalue weighted by Crippen LogP contribution is -2.56. The Kier molecular flexibility index (Phi) is 2.46. The summed E-state index contributed by atoms with van der Waals surface area (Å²) in [6, 6.07) is 0. The van der Waals surface area contributed by atoms with Crippen molar-refractivity contribution in [3.8, 4) is 0 Å². The van der Waals surface area contributed by atoms with E-state index < -0.39 is 30.7 Å². The Bertz CT molecular complexity index is 125. The first-order chi connectivity index (χ1) is 5.04. The Morgan fingerprint density at radius 3 is 2.00 bits per heavy atom. The van der Waals surface area contributed by atoms with Gasteiger partial charge in [-0.25, -0.2) is 0 Å². The summed E-state index contributed by atoms with van der Waals surface area (Å²) < 4.78 is 4.68. The van der Waals surface area contributed by atoms with Crippen LogP contribution in [0.4, 0.5) is 0 Å². The molecule has 5 heteroatoms. The van der Waals surface area contributed by atoms with Gasteiger partial charge in [0.1, 0.15) is 18.3 Å². The van der Waals surface area contributed by atoms with Crippen LogP contribution in [0, 0.1) is 0 Å². The van der Waals surface area contributed by atoms with Crippen molar-refractivity contribution in [1.82, 2.24) is 0 Å². The van der Waals surface area contributed by atoms with E-state index in [2.05, 4.69) is 4.74 Å². The zero-order valence-corrected chi connectivity index (χ0v) is 6.08. The second-order valence-electron chi connectivity index (χ2n) is 2.70. The van der Waals surface area contributed by atoms with E-state index in [-0.39, 0.29) is 0 Å². The molecule has 5 atom stereocenters. The van der Waals surface area contributed by atoms with Crippen molar-refractivity contribution in [3.05, 3.63) is 0 Å². The molecule has 2 unspecified atom stereocenters. The minimum atomic E-state index is -1.43. The van der Waals surface area contributed by atoms with Gasteiger partial charge in [-0.1, -0.05) is 0 Å².